The zero-order valence-electron chi connectivity index (χ0n) is 10.6. The molecule has 0 radical (unpaired) electrons. The van der Waals surface area contributed by atoms with E-state index in [9.17, 15) is 9.50 Å². The zero-order chi connectivity index (χ0) is 13.2. The van der Waals surface area contributed by atoms with Gasteiger partial charge in [-0.2, -0.15) is 0 Å². The lowest BCUT2D eigenvalue weighted by Gasteiger charge is -2.24. The first-order valence-electron chi connectivity index (χ1n) is 6.45. The van der Waals surface area contributed by atoms with Crippen molar-refractivity contribution >= 4 is 17.0 Å². The van der Waals surface area contributed by atoms with E-state index in [-0.39, 0.29) is 12.4 Å². The van der Waals surface area contributed by atoms with Gasteiger partial charge in [0.1, 0.15) is 5.82 Å². The van der Waals surface area contributed by atoms with Gasteiger partial charge in [-0.15, -0.1) is 11.3 Å². The van der Waals surface area contributed by atoms with Crippen LogP contribution in [0, 0.1) is 5.82 Å². The molecule has 0 unspecified atom stereocenters. The molecule has 1 heterocycles. The maximum absolute atomic E-state index is 13.6. The molecular formula is C15H16FNOS. The highest BCUT2D eigenvalue weighted by atomic mass is 32.1. The third-order valence-electron chi connectivity index (χ3n) is 3.35. The summed E-state index contributed by atoms with van der Waals surface area (Å²) in [5, 5.41) is 11.3. The molecule has 1 fully saturated rings. The molecule has 0 saturated heterocycles. The Morgan fingerprint density at radius 1 is 1.32 bits per heavy atom. The largest absolute Gasteiger partial charge is 0.392 e. The quantitative estimate of drug-likeness (QED) is 0.903. The summed E-state index contributed by atoms with van der Waals surface area (Å²) in [4.78, 5) is 3.52. The lowest BCUT2D eigenvalue weighted by molar-refractivity contribution is 0.281. The van der Waals surface area contributed by atoms with Crippen molar-refractivity contribution in [2.45, 2.75) is 32.0 Å². The Balaban J connectivity index is 1.89. The Bertz CT molecular complexity index is 551. The van der Waals surface area contributed by atoms with Crippen LogP contribution in [0.25, 0.3) is 0 Å². The van der Waals surface area contributed by atoms with E-state index in [4.69, 9.17) is 0 Å². The van der Waals surface area contributed by atoms with Crippen LogP contribution < -0.4 is 4.90 Å². The minimum absolute atomic E-state index is 0.123. The van der Waals surface area contributed by atoms with E-state index in [0.717, 1.165) is 25.1 Å². The fourth-order valence-electron chi connectivity index (χ4n) is 2.28. The van der Waals surface area contributed by atoms with Crippen LogP contribution in [0.4, 0.5) is 10.1 Å². The summed E-state index contributed by atoms with van der Waals surface area (Å²) in [5.41, 5.74) is 1.51. The second kappa shape index (κ2) is 5.31. The Hall–Kier alpha value is -1.39. The lowest BCUT2D eigenvalue weighted by Crippen LogP contribution is -2.24. The number of hydrogen-bond donors (Lipinski definition) is 1. The third kappa shape index (κ3) is 2.96. The number of rotatable bonds is 5. The molecule has 0 bridgehead atoms. The molecule has 1 saturated carbocycles. The van der Waals surface area contributed by atoms with Gasteiger partial charge in [-0.1, -0.05) is 6.07 Å². The van der Waals surface area contributed by atoms with Crippen LogP contribution in [0.1, 0.15) is 23.3 Å². The van der Waals surface area contributed by atoms with Crippen LogP contribution in [0.15, 0.2) is 35.7 Å². The molecule has 1 aliphatic rings. The van der Waals surface area contributed by atoms with E-state index in [1.54, 1.807) is 17.4 Å². The van der Waals surface area contributed by atoms with Crippen LogP contribution in [0.2, 0.25) is 0 Å². The number of nitrogens with zero attached hydrogens (tertiary/aromatic N) is 1. The standard InChI is InChI=1S/C15H16FNOS/c16-12-6-11(10-18)7-14(8-12)17(13-3-4-13)9-15-2-1-5-19-15/h1-2,5-8,13,18H,3-4,9-10H2. The smallest absolute Gasteiger partial charge is 0.125 e. The first-order chi connectivity index (χ1) is 9.26. The van der Waals surface area contributed by atoms with Crippen molar-refractivity contribution in [3.8, 4) is 0 Å². The summed E-state index contributed by atoms with van der Waals surface area (Å²) in [6, 6.07) is 9.48. The van der Waals surface area contributed by atoms with Gasteiger partial charge in [0.2, 0.25) is 0 Å². The van der Waals surface area contributed by atoms with E-state index in [1.165, 1.54) is 10.9 Å². The molecule has 1 aromatic carbocycles. The highest BCUT2D eigenvalue weighted by Gasteiger charge is 2.29. The van der Waals surface area contributed by atoms with Gasteiger partial charge >= 0.3 is 0 Å². The van der Waals surface area contributed by atoms with Crippen molar-refractivity contribution < 1.29 is 9.50 Å². The number of anilines is 1. The van der Waals surface area contributed by atoms with Crippen LogP contribution in [-0.4, -0.2) is 11.1 Å². The van der Waals surface area contributed by atoms with Crippen LogP contribution in [-0.2, 0) is 13.2 Å². The maximum atomic E-state index is 13.6. The molecule has 2 aromatic rings. The number of aliphatic hydroxyl groups excluding tert-OH is 1. The molecule has 2 nitrogen and oxygen atoms in total. The highest BCUT2D eigenvalue weighted by Crippen LogP contribution is 2.34. The topological polar surface area (TPSA) is 23.5 Å². The molecule has 100 valence electrons. The predicted octanol–water partition coefficient (Wildman–Crippen LogP) is 3.55. The molecular weight excluding hydrogens is 261 g/mol. The average molecular weight is 277 g/mol. The van der Waals surface area contributed by atoms with Gasteiger partial charge < -0.3 is 10.0 Å². The fraction of sp³-hybridized carbons (Fsp3) is 0.333. The maximum Gasteiger partial charge on any atom is 0.125 e. The predicted molar refractivity (Wildman–Crippen MR) is 75.8 cm³/mol. The Kier molecular flexibility index (Phi) is 3.53. The number of halogens is 1. The molecule has 0 aliphatic heterocycles. The van der Waals surface area contributed by atoms with Crippen molar-refractivity contribution in [3.63, 3.8) is 0 Å². The third-order valence-corrected chi connectivity index (χ3v) is 4.21. The molecule has 1 N–H and O–H groups in total. The van der Waals surface area contributed by atoms with E-state index in [2.05, 4.69) is 16.3 Å². The fourth-order valence-corrected chi connectivity index (χ4v) is 2.98. The second-order valence-electron chi connectivity index (χ2n) is 4.91. The SMILES string of the molecule is OCc1cc(F)cc(N(Cc2cccs2)C2CC2)c1. The van der Waals surface area contributed by atoms with Crippen LogP contribution in [0.5, 0.6) is 0 Å². The number of hydrogen-bond acceptors (Lipinski definition) is 3. The molecule has 0 amide bonds. The van der Waals surface area contributed by atoms with E-state index in [0.29, 0.717) is 11.6 Å². The minimum atomic E-state index is -0.279. The second-order valence-corrected chi connectivity index (χ2v) is 5.95. The minimum Gasteiger partial charge on any atom is -0.392 e. The van der Waals surface area contributed by atoms with Crippen molar-refractivity contribution in [2.24, 2.45) is 0 Å². The molecule has 1 aromatic heterocycles. The van der Waals surface area contributed by atoms with Gasteiger partial charge in [-0.05, 0) is 48.1 Å². The Labute approximate surface area is 116 Å². The normalized spacial score (nSPS) is 14.6. The highest BCUT2D eigenvalue weighted by molar-refractivity contribution is 7.09. The van der Waals surface area contributed by atoms with Gasteiger partial charge in [-0.25, -0.2) is 4.39 Å². The summed E-state index contributed by atoms with van der Waals surface area (Å²) in [6.07, 6.45) is 2.33. The molecule has 4 heteroatoms. The molecule has 0 spiro atoms. The molecule has 19 heavy (non-hydrogen) atoms. The monoisotopic (exact) mass is 277 g/mol. The van der Waals surface area contributed by atoms with Gasteiger partial charge in [-0.3, -0.25) is 0 Å². The summed E-state index contributed by atoms with van der Waals surface area (Å²) in [7, 11) is 0. The molecule has 3 rings (SSSR count). The van der Waals surface area contributed by atoms with Gasteiger partial charge in [0.25, 0.3) is 0 Å². The van der Waals surface area contributed by atoms with Crippen molar-refractivity contribution in [1.82, 2.24) is 0 Å². The van der Waals surface area contributed by atoms with E-state index in [1.807, 2.05) is 12.1 Å². The lowest BCUT2D eigenvalue weighted by atomic mass is 10.2. The van der Waals surface area contributed by atoms with E-state index < -0.39 is 0 Å². The molecule has 0 atom stereocenters. The summed E-state index contributed by atoms with van der Waals surface area (Å²) >= 11 is 1.72. The Morgan fingerprint density at radius 3 is 2.79 bits per heavy atom. The first-order valence-corrected chi connectivity index (χ1v) is 7.33. The van der Waals surface area contributed by atoms with Gasteiger partial charge in [0.15, 0.2) is 0 Å². The van der Waals surface area contributed by atoms with Crippen molar-refractivity contribution in [3.05, 3.63) is 52.0 Å². The van der Waals surface area contributed by atoms with Gasteiger partial charge in [0.05, 0.1) is 13.2 Å². The van der Waals surface area contributed by atoms with Crippen molar-refractivity contribution in [2.75, 3.05) is 4.90 Å². The van der Waals surface area contributed by atoms with E-state index >= 15 is 0 Å². The number of benzene rings is 1. The Morgan fingerprint density at radius 2 is 2.16 bits per heavy atom. The zero-order valence-corrected chi connectivity index (χ0v) is 11.4. The molecule has 1 aliphatic carbocycles. The number of thiophene rings is 1. The van der Waals surface area contributed by atoms with Gasteiger partial charge in [0, 0.05) is 16.6 Å². The summed E-state index contributed by atoms with van der Waals surface area (Å²) < 4.78 is 13.6. The van der Waals surface area contributed by atoms with Crippen LogP contribution >= 0.6 is 11.3 Å². The summed E-state index contributed by atoms with van der Waals surface area (Å²) in [6.45, 7) is 0.693. The summed E-state index contributed by atoms with van der Waals surface area (Å²) in [5.74, 6) is -0.279. The first kappa shape index (κ1) is 12.6. The average Bonchev–Trinajstić information content (AvgIpc) is 3.12. The van der Waals surface area contributed by atoms with Crippen LogP contribution in [0.3, 0.4) is 0 Å². The number of aliphatic hydroxyl groups is 1. The van der Waals surface area contributed by atoms with Crippen molar-refractivity contribution in [1.29, 1.82) is 0 Å².